The van der Waals surface area contributed by atoms with Crippen molar-refractivity contribution in [2.75, 3.05) is 10.1 Å². The Balaban J connectivity index is 2.30. The van der Waals surface area contributed by atoms with Crippen molar-refractivity contribution in [2.24, 2.45) is 5.84 Å². The zero-order valence-corrected chi connectivity index (χ0v) is 12.9. The van der Waals surface area contributed by atoms with Gasteiger partial charge in [-0.2, -0.15) is 0 Å². The summed E-state index contributed by atoms with van der Waals surface area (Å²) < 4.78 is 27.7. The van der Waals surface area contributed by atoms with Crippen LogP contribution in [0.1, 0.15) is 5.56 Å². The van der Waals surface area contributed by atoms with E-state index in [1.165, 1.54) is 12.4 Å². The molecule has 0 aliphatic carbocycles. The van der Waals surface area contributed by atoms with Gasteiger partial charge >= 0.3 is 0 Å². The van der Waals surface area contributed by atoms with Gasteiger partial charge in [-0.3, -0.25) is 10.1 Å². The van der Waals surface area contributed by atoms with E-state index < -0.39 is 10.0 Å². The van der Waals surface area contributed by atoms with Gasteiger partial charge in [0.2, 0.25) is 5.95 Å². The Morgan fingerprint density at radius 3 is 2.45 bits per heavy atom. The average molecular weight is 358 g/mol. The molecule has 106 valence electrons. The fourth-order valence-electron chi connectivity index (χ4n) is 1.47. The number of nitrogens with one attached hydrogen (secondary N) is 2. The highest BCUT2D eigenvalue weighted by Gasteiger charge is 2.16. The molecular weight excluding hydrogens is 346 g/mol. The minimum Gasteiger partial charge on any atom is -0.292 e. The van der Waals surface area contributed by atoms with Gasteiger partial charge in [-0.1, -0.05) is 15.9 Å². The second kappa shape index (κ2) is 5.73. The number of sulfonamides is 1. The van der Waals surface area contributed by atoms with Crippen molar-refractivity contribution < 1.29 is 8.42 Å². The van der Waals surface area contributed by atoms with Gasteiger partial charge in [0.1, 0.15) is 4.90 Å². The lowest BCUT2D eigenvalue weighted by Gasteiger charge is -2.10. The van der Waals surface area contributed by atoms with Gasteiger partial charge in [0.15, 0.2) is 0 Å². The summed E-state index contributed by atoms with van der Waals surface area (Å²) in [6.45, 7) is 1.81. The SMILES string of the molecule is Cc1cc(Br)ccc1NS(=O)(=O)c1cnc(NN)nc1. The molecule has 0 saturated carbocycles. The number of benzene rings is 1. The largest absolute Gasteiger partial charge is 0.292 e. The van der Waals surface area contributed by atoms with Crippen LogP contribution >= 0.6 is 15.9 Å². The smallest absolute Gasteiger partial charge is 0.264 e. The number of anilines is 2. The van der Waals surface area contributed by atoms with Crippen molar-refractivity contribution in [3.63, 3.8) is 0 Å². The molecule has 0 amide bonds. The molecule has 0 aliphatic rings. The monoisotopic (exact) mass is 357 g/mol. The predicted molar refractivity (Wildman–Crippen MR) is 79.5 cm³/mol. The minimum atomic E-state index is -3.73. The average Bonchev–Trinajstić information content (AvgIpc) is 2.42. The molecule has 1 aromatic carbocycles. The molecule has 0 saturated heterocycles. The van der Waals surface area contributed by atoms with E-state index in [2.05, 4.69) is 36.0 Å². The molecule has 0 aliphatic heterocycles. The first-order valence-electron chi connectivity index (χ1n) is 5.50. The van der Waals surface area contributed by atoms with E-state index >= 15 is 0 Å². The molecule has 1 aromatic heterocycles. The maximum absolute atomic E-state index is 12.2. The summed E-state index contributed by atoms with van der Waals surface area (Å²) in [5.41, 5.74) is 3.52. The lowest BCUT2D eigenvalue weighted by atomic mass is 10.2. The first-order valence-corrected chi connectivity index (χ1v) is 7.77. The molecule has 0 radical (unpaired) electrons. The van der Waals surface area contributed by atoms with Crippen LogP contribution in [0.15, 0.2) is 40.0 Å². The number of hydrogen-bond donors (Lipinski definition) is 3. The Morgan fingerprint density at radius 2 is 1.90 bits per heavy atom. The van der Waals surface area contributed by atoms with Crippen LogP contribution in [0.2, 0.25) is 0 Å². The normalized spacial score (nSPS) is 11.2. The number of aromatic nitrogens is 2. The summed E-state index contributed by atoms with van der Waals surface area (Å²) in [5.74, 6) is 5.26. The van der Waals surface area contributed by atoms with E-state index in [-0.39, 0.29) is 10.8 Å². The zero-order chi connectivity index (χ0) is 14.8. The summed E-state index contributed by atoms with van der Waals surface area (Å²) in [7, 11) is -3.73. The third kappa shape index (κ3) is 3.24. The number of nitrogens with two attached hydrogens (primary N) is 1. The first kappa shape index (κ1) is 14.7. The Kier molecular flexibility index (Phi) is 4.21. The summed E-state index contributed by atoms with van der Waals surface area (Å²) in [5, 5.41) is 0. The fraction of sp³-hybridized carbons (Fsp3) is 0.0909. The lowest BCUT2D eigenvalue weighted by molar-refractivity contribution is 0.600. The number of aryl methyl sites for hydroxylation is 1. The molecule has 2 rings (SSSR count). The molecule has 9 heteroatoms. The van der Waals surface area contributed by atoms with E-state index in [9.17, 15) is 8.42 Å². The van der Waals surface area contributed by atoms with Crippen LogP contribution in [-0.2, 0) is 10.0 Å². The Hall–Kier alpha value is -1.71. The summed E-state index contributed by atoms with van der Waals surface area (Å²) in [6, 6.07) is 5.24. The summed E-state index contributed by atoms with van der Waals surface area (Å²) in [6.07, 6.45) is 2.36. The van der Waals surface area contributed by atoms with E-state index in [0.717, 1.165) is 10.0 Å². The molecule has 7 nitrogen and oxygen atoms in total. The number of nitrogen functional groups attached to an aromatic ring is 1. The molecule has 0 atom stereocenters. The van der Waals surface area contributed by atoms with Gasteiger partial charge < -0.3 is 0 Å². The van der Waals surface area contributed by atoms with Crippen LogP contribution < -0.4 is 16.0 Å². The van der Waals surface area contributed by atoms with Crippen molar-refractivity contribution in [1.29, 1.82) is 0 Å². The van der Waals surface area contributed by atoms with E-state index in [1.807, 2.05) is 6.07 Å². The highest BCUT2D eigenvalue weighted by Crippen LogP contribution is 2.22. The maximum atomic E-state index is 12.2. The lowest BCUT2D eigenvalue weighted by Crippen LogP contribution is -2.16. The van der Waals surface area contributed by atoms with E-state index in [0.29, 0.717) is 5.69 Å². The van der Waals surface area contributed by atoms with Crippen LogP contribution in [0.25, 0.3) is 0 Å². The molecule has 0 unspecified atom stereocenters. The second-order valence-electron chi connectivity index (χ2n) is 3.95. The van der Waals surface area contributed by atoms with Gasteiger partial charge in [-0.25, -0.2) is 24.2 Å². The highest BCUT2D eigenvalue weighted by atomic mass is 79.9. The third-order valence-corrected chi connectivity index (χ3v) is 4.31. The fourth-order valence-corrected chi connectivity index (χ4v) is 2.97. The van der Waals surface area contributed by atoms with Crippen molar-refractivity contribution >= 4 is 37.6 Å². The molecule has 2 aromatic rings. The van der Waals surface area contributed by atoms with Crippen LogP contribution in [0.4, 0.5) is 11.6 Å². The standard InChI is InChI=1S/C11H12BrN5O2S/c1-7-4-8(12)2-3-10(7)17-20(18,19)9-5-14-11(16-13)15-6-9/h2-6,17H,13H2,1H3,(H,14,15,16). The molecule has 4 N–H and O–H groups in total. The highest BCUT2D eigenvalue weighted by molar-refractivity contribution is 9.10. The van der Waals surface area contributed by atoms with E-state index in [1.54, 1.807) is 19.1 Å². The Labute approximate surface area is 124 Å². The molecule has 0 bridgehead atoms. The number of rotatable bonds is 4. The first-order chi connectivity index (χ1) is 9.42. The van der Waals surface area contributed by atoms with Crippen LogP contribution in [-0.4, -0.2) is 18.4 Å². The Bertz CT molecular complexity index is 718. The second-order valence-corrected chi connectivity index (χ2v) is 6.55. The molecule has 20 heavy (non-hydrogen) atoms. The van der Waals surface area contributed by atoms with Crippen molar-refractivity contribution in [2.45, 2.75) is 11.8 Å². The van der Waals surface area contributed by atoms with Gasteiger partial charge in [0.25, 0.3) is 10.0 Å². The molecule has 0 spiro atoms. The molecular formula is C11H12BrN5O2S. The zero-order valence-electron chi connectivity index (χ0n) is 10.5. The topological polar surface area (TPSA) is 110 Å². The molecule has 1 heterocycles. The number of hydrogen-bond acceptors (Lipinski definition) is 6. The van der Waals surface area contributed by atoms with Gasteiger partial charge in [0, 0.05) is 4.47 Å². The van der Waals surface area contributed by atoms with Crippen LogP contribution in [0.3, 0.4) is 0 Å². The van der Waals surface area contributed by atoms with Crippen LogP contribution in [0, 0.1) is 6.92 Å². The van der Waals surface area contributed by atoms with Crippen molar-refractivity contribution in [1.82, 2.24) is 9.97 Å². The summed E-state index contributed by atoms with van der Waals surface area (Å²) >= 11 is 3.32. The number of hydrazine groups is 1. The maximum Gasteiger partial charge on any atom is 0.264 e. The number of nitrogens with zero attached hydrogens (tertiary/aromatic N) is 2. The Morgan fingerprint density at radius 1 is 1.25 bits per heavy atom. The van der Waals surface area contributed by atoms with Crippen LogP contribution in [0.5, 0.6) is 0 Å². The predicted octanol–water partition coefficient (Wildman–Crippen LogP) is 1.63. The van der Waals surface area contributed by atoms with Crippen molar-refractivity contribution in [3.05, 3.63) is 40.6 Å². The van der Waals surface area contributed by atoms with Gasteiger partial charge in [0.05, 0.1) is 18.1 Å². The van der Waals surface area contributed by atoms with Crippen molar-refractivity contribution in [3.8, 4) is 0 Å². The van der Waals surface area contributed by atoms with Gasteiger partial charge in [-0.15, -0.1) is 0 Å². The minimum absolute atomic E-state index is 0.0428. The summed E-state index contributed by atoms with van der Waals surface area (Å²) in [4.78, 5) is 7.49. The van der Waals surface area contributed by atoms with E-state index in [4.69, 9.17) is 5.84 Å². The van der Waals surface area contributed by atoms with Gasteiger partial charge in [-0.05, 0) is 30.7 Å². The number of halogens is 1. The third-order valence-electron chi connectivity index (χ3n) is 2.50. The molecule has 0 fully saturated rings. The quantitative estimate of drug-likeness (QED) is 0.566.